The first kappa shape index (κ1) is 14.2. The Morgan fingerprint density at radius 2 is 2.37 bits per heavy atom. The molecule has 1 aromatic heterocycles. The number of thiocarbonyl (C=S) groups is 1. The molecule has 1 atom stereocenters. The van der Waals surface area contributed by atoms with E-state index in [0.29, 0.717) is 10.9 Å². The van der Waals surface area contributed by atoms with Crippen LogP contribution in [-0.2, 0) is 0 Å². The molecule has 5 heteroatoms. The fourth-order valence-corrected chi connectivity index (χ4v) is 2.74. The van der Waals surface area contributed by atoms with Crippen molar-refractivity contribution in [1.29, 1.82) is 0 Å². The molecule has 0 aromatic carbocycles. The molecule has 1 aromatic rings. The van der Waals surface area contributed by atoms with Crippen molar-refractivity contribution >= 4 is 23.0 Å². The van der Waals surface area contributed by atoms with Crippen molar-refractivity contribution < 1.29 is 0 Å². The maximum Gasteiger partial charge on any atom is 0.136 e. The Labute approximate surface area is 120 Å². The molecule has 1 fully saturated rings. The molecule has 3 N–H and O–H groups in total. The van der Waals surface area contributed by atoms with E-state index in [0.717, 1.165) is 30.2 Å². The standard InChI is InChI=1S/C14H22N4S/c1-10-5-6-12(13(15)19)14(17-10)16-8-11-4-3-7-18(2)9-11/h5-6,11H,3-4,7-9H2,1-2H3,(H2,15,19)(H,16,17). The van der Waals surface area contributed by atoms with E-state index in [1.807, 2.05) is 19.1 Å². The van der Waals surface area contributed by atoms with Crippen molar-refractivity contribution in [2.24, 2.45) is 11.7 Å². The number of pyridine rings is 1. The van der Waals surface area contributed by atoms with Gasteiger partial charge in [0.1, 0.15) is 10.8 Å². The number of nitrogens with one attached hydrogen (secondary N) is 1. The van der Waals surface area contributed by atoms with Gasteiger partial charge in [0.15, 0.2) is 0 Å². The van der Waals surface area contributed by atoms with E-state index >= 15 is 0 Å². The van der Waals surface area contributed by atoms with E-state index in [1.54, 1.807) is 0 Å². The minimum absolute atomic E-state index is 0.399. The van der Waals surface area contributed by atoms with Crippen LogP contribution in [-0.4, -0.2) is 41.6 Å². The number of hydrogen-bond acceptors (Lipinski definition) is 4. The molecule has 0 amide bonds. The van der Waals surface area contributed by atoms with Crippen LogP contribution >= 0.6 is 12.2 Å². The highest BCUT2D eigenvalue weighted by molar-refractivity contribution is 7.80. The summed E-state index contributed by atoms with van der Waals surface area (Å²) in [4.78, 5) is 7.29. The van der Waals surface area contributed by atoms with Crippen molar-refractivity contribution in [1.82, 2.24) is 9.88 Å². The zero-order valence-electron chi connectivity index (χ0n) is 11.6. The van der Waals surface area contributed by atoms with Gasteiger partial charge in [0.05, 0.1) is 5.56 Å². The van der Waals surface area contributed by atoms with Gasteiger partial charge in [-0.2, -0.15) is 0 Å². The highest BCUT2D eigenvalue weighted by atomic mass is 32.1. The topological polar surface area (TPSA) is 54.2 Å². The van der Waals surface area contributed by atoms with E-state index in [-0.39, 0.29) is 0 Å². The van der Waals surface area contributed by atoms with Gasteiger partial charge >= 0.3 is 0 Å². The number of nitrogens with two attached hydrogens (primary N) is 1. The van der Waals surface area contributed by atoms with Gasteiger partial charge in [0.25, 0.3) is 0 Å². The zero-order valence-corrected chi connectivity index (χ0v) is 12.5. The monoisotopic (exact) mass is 278 g/mol. The molecular weight excluding hydrogens is 256 g/mol. The fourth-order valence-electron chi connectivity index (χ4n) is 2.57. The first-order valence-corrected chi connectivity index (χ1v) is 7.17. The number of aryl methyl sites for hydroxylation is 1. The third-order valence-corrected chi connectivity index (χ3v) is 3.80. The lowest BCUT2D eigenvalue weighted by atomic mass is 9.98. The summed E-state index contributed by atoms with van der Waals surface area (Å²) in [7, 11) is 2.18. The number of piperidine rings is 1. The average Bonchev–Trinajstić information content (AvgIpc) is 2.36. The molecule has 0 bridgehead atoms. The van der Waals surface area contributed by atoms with Crippen LogP contribution in [0, 0.1) is 12.8 Å². The van der Waals surface area contributed by atoms with Crippen molar-refractivity contribution in [2.75, 3.05) is 32.0 Å². The number of anilines is 1. The molecule has 4 nitrogen and oxygen atoms in total. The van der Waals surface area contributed by atoms with Gasteiger partial charge in [-0.25, -0.2) is 4.98 Å². The molecule has 0 spiro atoms. The summed E-state index contributed by atoms with van der Waals surface area (Å²) in [6, 6.07) is 3.88. The smallest absolute Gasteiger partial charge is 0.136 e. The number of rotatable bonds is 4. The lowest BCUT2D eigenvalue weighted by molar-refractivity contribution is 0.217. The van der Waals surface area contributed by atoms with Crippen LogP contribution in [0.25, 0.3) is 0 Å². The van der Waals surface area contributed by atoms with Crippen molar-refractivity contribution in [2.45, 2.75) is 19.8 Å². The van der Waals surface area contributed by atoms with Crippen LogP contribution in [0.2, 0.25) is 0 Å². The maximum atomic E-state index is 5.74. The van der Waals surface area contributed by atoms with Gasteiger partial charge in [-0.3, -0.25) is 0 Å². The average molecular weight is 278 g/mol. The third kappa shape index (κ3) is 3.88. The lowest BCUT2D eigenvalue weighted by Gasteiger charge is -2.30. The van der Waals surface area contributed by atoms with Crippen LogP contribution in [0.5, 0.6) is 0 Å². The molecule has 0 radical (unpaired) electrons. The Hall–Kier alpha value is -1.20. The summed E-state index contributed by atoms with van der Waals surface area (Å²) in [5.74, 6) is 1.49. The van der Waals surface area contributed by atoms with Crippen LogP contribution in [0.3, 0.4) is 0 Å². The van der Waals surface area contributed by atoms with Crippen LogP contribution < -0.4 is 11.1 Å². The Morgan fingerprint density at radius 1 is 1.58 bits per heavy atom. The number of aromatic nitrogens is 1. The SMILES string of the molecule is Cc1ccc(C(N)=S)c(NCC2CCCN(C)C2)n1. The Balaban J connectivity index is 2.02. The summed E-state index contributed by atoms with van der Waals surface area (Å²) >= 11 is 5.07. The van der Waals surface area contributed by atoms with Crippen LogP contribution in [0.4, 0.5) is 5.82 Å². The van der Waals surface area contributed by atoms with Crippen molar-refractivity contribution in [3.05, 3.63) is 23.4 Å². The van der Waals surface area contributed by atoms with Crippen LogP contribution in [0.1, 0.15) is 24.1 Å². The molecule has 1 aliphatic rings. The van der Waals surface area contributed by atoms with Gasteiger partial charge in [-0.1, -0.05) is 12.2 Å². The first-order valence-electron chi connectivity index (χ1n) is 6.76. The fraction of sp³-hybridized carbons (Fsp3) is 0.571. The minimum atomic E-state index is 0.399. The third-order valence-electron chi connectivity index (χ3n) is 3.58. The highest BCUT2D eigenvalue weighted by Gasteiger charge is 2.17. The molecule has 19 heavy (non-hydrogen) atoms. The second-order valence-corrected chi connectivity index (χ2v) is 5.80. The lowest BCUT2D eigenvalue weighted by Crippen LogP contribution is -2.35. The number of likely N-dealkylation sites (tertiary alicyclic amines) is 1. The molecule has 2 rings (SSSR count). The number of nitrogens with zero attached hydrogens (tertiary/aromatic N) is 2. The van der Waals surface area contributed by atoms with Crippen LogP contribution in [0.15, 0.2) is 12.1 Å². The summed E-state index contributed by atoms with van der Waals surface area (Å²) in [5.41, 5.74) is 7.55. The van der Waals surface area contributed by atoms with Gasteiger partial charge in [-0.05, 0) is 51.4 Å². The molecular formula is C14H22N4S. The molecule has 0 saturated carbocycles. The summed E-state index contributed by atoms with van der Waals surface area (Å²) in [5, 5.41) is 3.42. The Morgan fingerprint density at radius 3 is 3.05 bits per heavy atom. The highest BCUT2D eigenvalue weighted by Crippen LogP contribution is 2.18. The normalized spacial score (nSPS) is 20.2. The summed E-state index contributed by atoms with van der Waals surface area (Å²) in [6.07, 6.45) is 2.54. The van der Waals surface area contributed by atoms with E-state index in [2.05, 4.69) is 22.2 Å². The molecule has 0 aliphatic carbocycles. The summed E-state index contributed by atoms with van der Waals surface area (Å²) in [6.45, 7) is 5.25. The molecule has 1 unspecified atom stereocenters. The molecule has 1 aliphatic heterocycles. The largest absolute Gasteiger partial charge is 0.389 e. The molecule has 1 saturated heterocycles. The number of hydrogen-bond donors (Lipinski definition) is 2. The molecule has 2 heterocycles. The van der Waals surface area contributed by atoms with E-state index in [1.165, 1.54) is 19.4 Å². The second-order valence-electron chi connectivity index (χ2n) is 5.36. The maximum absolute atomic E-state index is 5.74. The van der Waals surface area contributed by atoms with Gasteiger partial charge in [0, 0.05) is 18.8 Å². The Bertz CT molecular complexity index is 461. The minimum Gasteiger partial charge on any atom is -0.389 e. The first-order chi connectivity index (χ1) is 9.06. The van der Waals surface area contributed by atoms with Gasteiger partial charge in [-0.15, -0.1) is 0 Å². The summed E-state index contributed by atoms with van der Waals surface area (Å²) < 4.78 is 0. The predicted molar refractivity (Wildman–Crippen MR) is 83.6 cm³/mol. The second kappa shape index (κ2) is 6.30. The van der Waals surface area contributed by atoms with Gasteiger partial charge < -0.3 is 16.0 Å². The molecule has 104 valence electrons. The van der Waals surface area contributed by atoms with Gasteiger partial charge in [0.2, 0.25) is 0 Å². The van der Waals surface area contributed by atoms with Crippen molar-refractivity contribution in [3.8, 4) is 0 Å². The van der Waals surface area contributed by atoms with Crippen molar-refractivity contribution in [3.63, 3.8) is 0 Å². The van der Waals surface area contributed by atoms with E-state index < -0.39 is 0 Å². The predicted octanol–water partition coefficient (Wildman–Crippen LogP) is 1.78. The Kier molecular flexibility index (Phi) is 4.71. The van der Waals surface area contributed by atoms with E-state index in [9.17, 15) is 0 Å². The quantitative estimate of drug-likeness (QED) is 0.822. The zero-order chi connectivity index (χ0) is 13.8. The van der Waals surface area contributed by atoms with E-state index in [4.69, 9.17) is 18.0 Å².